The van der Waals surface area contributed by atoms with Crippen LogP contribution in [0.25, 0.3) is 10.8 Å². The maximum atomic E-state index is 13.2. The second-order valence-corrected chi connectivity index (χ2v) is 6.14. The second kappa shape index (κ2) is 6.95. The third-order valence-corrected chi connectivity index (χ3v) is 4.11. The Labute approximate surface area is 155 Å². The highest BCUT2D eigenvalue weighted by molar-refractivity contribution is 5.96. The minimum Gasteiger partial charge on any atom is -0.497 e. The van der Waals surface area contributed by atoms with E-state index < -0.39 is 0 Å². The lowest BCUT2D eigenvalue weighted by Crippen LogP contribution is -2.00. The number of nitrogens with one attached hydrogen (secondary N) is 3. The van der Waals surface area contributed by atoms with Crippen molar-refractivity contribution < 1.29 is 9.13 Å². The number of methoxy groups -OCH3 is 1. The summed E-state index contributed by atoms with van der Waals surface area (Å²) in [6, 6.07) is 15.7. The Morgan fingerprint density at radius 1 is 0.963 bits per heavy atom. The molecule has 6 nitrogen and oxygen atoms in total. The van der Waals surface area contributed by atoms with Crippen LogP contribution in [0, 0.1) is 12.7 Å². The topological polar surface area (TPSA) is 74.9 Å². The summed E-state index contributed by atoms with van der Waals surface area (Å²) in [6.07, 6.45) is 0. The molecule has 0 aliphatic carbocycles. The molecule has 2 aromatic heterocycles. The zero-order chi connectivity index (χ0) is 18.8. The quantitative estimate of drug-likeness (QED) is 0.470. The Kier molecular flexibility index (Phi) is 4.33. The van der Waals surface area contributed by atoms with Gasteiger partial charge in [0.15, 0.2) is 5.82 Å². The molecule has 3 N–H and O–H groups in total. The molecular weight excluding hydrogens is 345 g/mol. The van der Waals surface area contributed by atoms with Crippen LogP contribution >= 0.6 is 0 Å². The predicted molar refractivity (Wildman–Crippen MR) is 105 cm³/mol. The monoisotopic (exact) mass is 363 g/mol. The minimum absolute atomic E-state index is 0.285. The third-order valence-electron chi connectivity index (χ3n) is 4.11. The Morgan fingerprint density at radius 3 is 2.48 bits per heavy atom. The molecule has 7 heteroatoms. The number of aryl methyl sites for hydroxylation is 1. The number of nitrogens with zero attached hydrogens (tertiary/aromatic N) is 2. The Hall–Kier alpha value is -3.61. The number of aromatic nitrogens is 3. The standard InChI is InChI=1S/C20H18FN5O/c1-12-9-19(26-25-12)23-18-11-13-10-16(27-2)7-8-17(13)20(24-18)22-15-5-3-14(21)4-6-15/h3-11H,1-2H3,(H3,22,23,24,25,26). The average molecular weight is 363 g/mol. The molecule has 136 valence electrons. The molecule has 2 aromatic carbocycles. The number of ether oxygens (including phenoxy) is 1. The van der Waals surface area contributed by atoms with Gasteiger partial charge in [-0.05, 0) is 60.8 Å². The molecule has 0 fully saturated rings. The third kappa shape index (κ3) is 3.67. The molecule has 0 atom stereocenters. The molecule has 0 aliphatic heterocycles. The van der Waals surface area contributed by atoms with Crippen molar-refractivity contribution in [3.63, 3.8) is 0 Å². The van der Waals surface area contributed by atoms with E-state index in [2.05, 4.69) is 25.8 Å². The van der Waals surface area contributed by atoms with Crippen LogP contribution in [-0.2, 0) is 0 Å². The fourth-order valence-electron chi connectivity index (χ4n) is 2.81. The lowest BCUT2D eigenvalue weighted by atomic mass is 10.1. The van der Waals surface area contributed by atoms with Gasteiger partial charge in [-0.2, -0.15) is 5.10 Å². The Morgan fingerprint density at radius 2 is 1.78 bits per heavy atom. The smallest absolute Gasteiger partial charge is 0.153 e. The minimum atomic E-state index is -0.285. The first kappa shape index (κ1) is 16.8. The van der Waals surface area contributed by atoms with Crippen LogP contribution in [0.3, 0.4) is 0 Å². The summed E-state index contributed by atoms with van der Waals surface area (Å²) in [4.78, 5) is 4.67. The van der Waals surface area contributed by atoms with Gasteiger partial charge in [-0.3, -0.25) is 5.10 Å². The average Bonchev–Trinajstić information content (AvgIpc) is 3.07. The molecule has 4 aromatic rings. The number of hydrogen-bond donors (Lipinski definition) is 3. The van der Waals surface area contributed by atoms with Crippen LogP contribution in [0.5, 0.6) is 5.75 Å². The van der Waals surface area contributed by atoms with Gasteiger partial charge >= 0.3 is 0 Å². The van der Waals surface area contributed by atoms with Crippen LogP contribution in [0.15, 0.2) is 54.6 Å². The molecule has 0 unspecified atom stereocenters. The first-order valence-corrected chi connectivity index (χ1v) is 8.41. The van der Waals surface area contributed by atoms with Gasteiger partial charge in [0.05, 0.1) is 7.11 Å². The van der Waals surface area contributed by atoms with E-state index in [9.17, 15) is 4.39 Å². The Bertz CT molecular complexity index is 1090. The predicted octanol–water partition coefficient (Wildman–Crippen LogP) is 4.90. The van der Waals surface area contributed by atoms with Crippen LogP contribution in [0.2, 0.25) is 0 Å². The SMILES string of the molecule is COc1ccc2c(Nc3ccc(F)cc3)nc(Nc3cc(C)[nH]n3)cc2c1. The van der Waals surface area contributed by atoms with E-state index in [4.69, 9.17) is 4.74 Å². The molecular formula is C20H18FN5O. The highest BCUT2D eigenvalue weighted by atomic mass is 19.1. The number of hydrogen-bond acceptors (Lipinski definition) is 5. The lowest BCUT2D eigenvalue weighted by Gasteiger charge is -2.13. The van der Waals surface area contributed by atoms with Gasteiger partial charge in [0, 0.05) is 22.8 Å². The molecule has 2 heterocycles. The van der Waals surface area contributed by atoms with Gasteiger partial charge in [-0.1, -0.05) is 0 Å². The van der Waals surface area contributed by atoms with Crippen molar-refractivity contribution in [2.75, 3.05) is 17.7 Å². The van der Waals surface area contributed by atoms with Crippen LogP contribution in [-0.4, -0.2) is 22.3 Å². The van der Waals surface area contributed by atoms with E-state index in [1.54, 1.807) is 19.2 Å². The molecule has 0 bridgehead atoms. The normalized spacial score (nSPS) is 10.8. The molecule has 0 radical (unpaired) electrons. The molecule has 0 saturated carbocycles. The van der Waals surface area contributed by atoms with E-state index in [1.807, 2.05) is 37.3 Å². The number of halogens is 1. The number of rotatable bonds is 5. The van der Waals surface area contributed by atoms with Crippen LogP contribution in [0.4, 0.5) is 27.5 Å². The number of anilines is 4. The molecule has 0 saturated heterocycles. The van der Waals surface area contributed by atoms with Crippen molar-refractivity contribution in [2.45, 2.75) is 6.92 Å². The first-order chi connectivity index (χ1) is 13.1. The van der Waals surface area contributed by atoms with E-state index in [0.717, 1.165) is 27.9 Å². The lowest BCUT2D eigenvalue weighted by molar-refractivity contribution is 0.415. The first-order valence-electron chi connectivity index (χ1n) is 8.41. The van der Waals surface area contributed by atoms with Gasteiger partial charge < -0.3 is 15.4 Å². The fourth-order valence-corrected chi connectivity index (χ4v) is 2.81. The van der Waals surface area contributed by atoms with Crippen molar-refractivity contribution in [1.29, 1.82) is 0 Å². The maximum absolute atomic E-state index is 13.2. The summed E-state index contributed by atoms with van der Waals surface area (Å²) in [5, 5.41) is 15.4. The number of H-pyrrole nitrogens is 1. The molecule has 4 rings (SSSR count). The largest absolute Gasteiger partial charge is 0.497 e. The van der Waals surface area contributed by atoms with Crippen molar-refractivity contribution in [3.05, 3.63) is 66.1 Å². The van der Waals surface area contributed by atoms with Crippen molar-refractivity contribution in [1.82, 2.24) is 15.2 Å². The zero-order valence-corrected chi connectivity index (χ0v) is 14.9. The summed E-state index contributed by atoms with van der Waals surface area (Å²) in [7, 11) is 1.63. The van der Waals surface area contributed by atoms with Gasteiger partial charge in [0.1, 0.15) is 23.2 Å². The summed E-state index contributed by atoms with van der Waals surface area (Å²) < 4.78 is 18.5. The van der Waals surface area contributed by atoms with Gasteiger partial charge in [-0.25, -0.2) is 9.37 Å². The van der Waals surface area contributed by atoms with Crippen molar-refractivity contribution >= 4 is 33.9 Å². The zero-order valence-electron chi connectivity index (χ0n) is 14.9. The molecule has 0 amide bonds. The van der Waals surface area contributed by atoms with E-state index in [-0.39, 0.29) is 5.82 Å². The molecule has 0 spiro atoms. The maximum Gasteiger partial charge on any atom is 0.153 e. The summed E-state index contributed by atoms with van der Waals surface area (Å²) in [6.45, 7) is 1.93. The number of pyridine rings is 1. The second-order valence-electron chi connectivity index (χ2n) is 6.14. The summed E-state index contributed by atoms with van der Waals surface area (Å²) in [5.41, 5.74) is 1.69. The Balaban J connectivity index is 1.77. The van der Waals surface area contributed by atoms with Gasteiger partial charge in [-0.15, -0.1) is 0 Å². The van der Waals surface area contributed by atoms with Gasteiger partial charge in [0.2, 0.25) is 0 Å². The van der Waals surface area contributed by atoms with Crippen LogP contribution in [0.1, 0.15) is 5.69 Å². The number of aromatic amines is 1. The van der Waals surface area contributed by atoms with E-state index in [0.29, 0.717) is 17.5 Å². The molecule has 0 aliphatic rings. The van der Waals surface area contributed by atoms with E-state index >= 15 is 0 Å². The number of fused-ring (bicyclic) bond motifs is 1. The van der Waals surface area contributed by atoms with Crippen molar-refractivity contribution in [3.8, 4) is 5.75 Å². The molecule has 27 heavy (non-hydrogen) atoms. The van der Waals surface area contributed by atoms with Crippen molar-refractivity contribution in [2.24, 2.45) is 0 Å². The highest BCUT2D eigenvalue weighted by Crippen LogP contribution is 2.31. The highest BCUT2D eigenvalue weighted by Gasteiger charge is 2.09. The van der Waals surface area contributed by atoms with Crippen LogP contribution < -0.4 is 15.4 Å². The number of benzene rings is 2. The van der Waals surface area contributed by atoms with E-state index in [1.165, 1.54) is 12.1 Å². The fraction of sp³-hybridized carbons (Fsp3) is 0.100. The summed E-state index contributed by atoms with van der Waals surface area (Å²) in [5.74, 6) is 2.42. The summed E-state index contributed by atoms with van der Waals surface area (Å²) >= 11 is 0. The van der Waals surface area contributed by atoms with Gasteiger partial charge in [0.25, 0.3) is 0 Å².